The van der Waals surface area contributed by atoms with Gasteiger partial charge in [-0.1, -0.05) is 237 Å². The quantitative estimate of drug-likeness (QED) is 0.0476. The first-order valence-corrected chi connectivity index (χ1v) is 25.9. The van der Waals surface area contributed by atoms with E-state index >= 15 is 0 Å². The van der Waals surface area contributed by atoms with Crippen LogP contribution < -0.4 is 5.32 Å². The van der Waals surface area contributed by atoms with Gasteiger partial charge < -0.3 is 10.4 Å². The van der Waals surface area contributed by atoms with E-state index in [0.717, 1.165) is 57.8 Å². The second-order valence-corrected chi connectivity index (χ2v) is 17.8. The Hall–Kier alpha value is -1.42. The lowest BCUT2D eigenvalue weighted by Crippen LogP contribution is -2.37. The van der Waals surface area contributed by atoms with Gasteiger partial charge in [0.1, 0.15) is 5.78 Å². The minimum atomic E-state index is -0.0719. The van der Waals surface area contributed by atoms with Crippen LogP contribution in [-0.2, 0) is 9.59 Å². The molecule has 0 aliphatic carbocycles. The first kappa shape index (κ1) is 55.6. The molecule has 4 nitrogen and oxygen atoms in total. The zero-order chi connectivity index (χ0) is 41.4. The van der Waals surface area contributed by atoms with Crippen LogP contribution in [0.15, 0.2) is 24.3 Å². The average Bonchev–Trinajstić information content (AvgIpc) is 3.21. The molecule has 2 N–H and O–H groups in total. The van der Waals surface area contributed by atoms with Crippen molar-refractivity contribution in [1.29, 1.82) is 0 Å². The van der Waals surface area contributed by atoms with E-state index in [2.05, 4.69) is 43.5 Å². The molecule has 0 aliphatic heterocycles. The molecule has 0 unspecified atom stereocenters. The number of allylic oxidation sites excluding steroid dienone is 4. The molecule has 0 fully saturated rings. The number of unbranched alkanes of at least 4 members (excludes halogenated alkanes) is 34. The molecule has 0 bridgehead atoms. The number of Topliss-reactive ketones (excluding diaryl/α,β-unsaturated/α-hetero) is 1. The summed E-state index contributed by atoms with van der Waals surface area (Å²) < 4.78 is 0. The number of aliphatic hydroxyl groups is 1. The molecule has 0 aromatic rings. The molecule has 0 saturated carbocycles. The largest absolute Gasteiger partial charge is 0.394 e. The van der Waals surface area contributed by atoms with Crippen LogP contribution in [-0.4, -0.2) is 29.4 Å². The fraction of sp³-hybridized carbons (Fsp3) is 0.887. The Morgan fingerprint density at radius 1 is 0.404 bits per heavy atom. The summed E-state index contributed by atoms with van der Waals surface area (Å²) in [5, 5.41) is 12.9. The number of ketones is 1. The third-order valence-electron chi connectivity index (χ3n) is 12.0. The third-order valence-corrected chi connectivity index (χ3v) is 12.0. The van der Waals surface area contributed by atoms with Gasteiger partial charge in [-0.25, -0.2) is 0 Å². The monoisotopic (exact) mass is 800 g/mol. The summed E-state index contributed by atoms with van der Waals surface area (Å²) in [5.74, 6) is 0.600. The molecule has 4 heteroatoms. The highest BCUT2D eigenvalue weighted by atomic mass is 16.3. The van der Waals surface area contributed by atoms with Crippen molar-refractivity contribution in [2.24, 2.45) is 0 Å². The van der Waals surface area contributed by atoms with Gasteiger partial charge in [0.25, 0.3) is 0 Å². The van der Waals surface area contributed by atoms with Gasteiger partial charge in [0.15, 0.2) is 0 Å². The number of carbonyl (C=O) groups is 2. The van der Waals surface area contributed by atoms with Gasteiger partial charge in [0.05, 0.1) is 12.6 Å². The zero-order valence-electron chi connectivity index (χ0n) is 38.8. The molecule has 57 heavy (non-hydrogen) atoms. The van der Waals surface area contributed by atoms with Crippen LogP contribution >= 0.6 is 0 Å². The highest BCUT2D eigenvalue weighted by Gasteiger charge is 2.11. The number of carbonyl (C=O) groups excluding carboxylic acids is 2. The summed E-state index contributed by atoms with van der Waals surface area (Å²) in [7, 11) is 0. The maximum atomic E-state index is 12.4. The second-order valence-electron chi connectivity index (χ2n) is 17.8. The van der Waals surface area contributed by atoms with E-state index < -0.39 is 0 Å². The molecule has 0 aromatic carbocycles. The Morgan fingerprint density at radius 2 is 0.719 bits per heavy atom. The van der Waals surface area contributed by atoms with Crippen molar-refractivity contribution in [2.75, 3.05) is 6.61 Å². The molecule has 1 amide bonds. The van der Waals surface area contributed by atoms with Crippen LogP contribution in [0.5, 0.6) is 0 Å². The lowest BCUT2D eigenvalue weighted by Gasteiger charge is -2.16. The van der Waals surface area contributed by atoms with E-state index in [-0.39, 0.29) is 18.6 Å². The summed E-state index contributed by atoms with van der Waals surface area (Å²) in [6.45, 7) is 4.60. The van der Waals surface area contributed by atoms with Crippen molar-refractivity contribution in [3.05, 3.63) is 24.3 Å². The fourth-order valence-electron chi connectivity index (χ4n) is 8.08. The minimum absolute atomic E-state index is 0.0569. The summed E-state index contributed by atoms with van der Waals surface area (Å²) >= 11 is 0. The highest BCUT2D eigenvalue weighted by Crippen LogP contribution is 2.17. The van der Waals surface area contributed by atoms with Gasteiger partial charge in [0, 0.05) is 19.3 Å². The Kier molecular flexibility index (Phi) is 47.7. The normalized spacial score (nSPS) is 12.3. The first-order valence-electron chi connectivity index (χ1n) is 25.9. The first-order chi connectivity index (χ1) is 28.1. The maximum absolute atomic E-state index is 12.4. The van der Waals surface area contributed by atoms with E-state index in [9.17, 15) is 14.7 Å². The zero-order valence-corrected chi connectivity index (χ0v) is 38.8. The predicted molar refractivity (Wildman–Crippen MR) is 252 cm³/mol. The second kappa shape index (κ2) is 48.9. The number of hydrogen-bond acceptors (Lipinski definition) is 3. The smallest absolute Gasteiger partial charge is 0.220 e. The van der Waals surface area contributed by atoms with Crippen molar-refractivity contribution < 1.29 is 14.7 Å². The van der Waals surface area contributed by atoms with Gasteiger partial charge in [-0.05, 0) is 57.8 Å². The van der Waals surface area contributed by atoms with Crippen LogP contribution in [0.2, 0.25) is 0 Å². The number of nitrogens with one attached hydrogen (secondary N) is 1. The number of hydrogen-bond donors (Lipinski definition) is 2. The van der Waals surface area contributed by atoms with Crippen LogP contribution in [0.3, 0.4) is 0 Å². The topological polar surface area (TPSA) is 66.4 Å². The van der Waals surface area contributed by atoms with Crippen molar-refractivity contribution in [3.63, 3.8) is 0 Å². The Balaban J connectivity index is 3.40. The van der Waals surface area contributed by atoms with Crippen molar-refractivity contribution in [1.82, 2.24) is 5.32 Å². The number of rotatable bonds is 48. The van der Waals surface area contributed by atoms with Gasteiger partial charge >= 0.3 is 0 Å². The Morgan fingerprint density at radius 3 is 1.12 bits per heavy atom. The summed E-state index contributed by atoms with van der Waals surface area (Å²) in [4.78, 5) is 24.7. The molecule has 0 saturated heterocycles. The van der Waals surface area contributed by atoms with Crippen molar-refractivity contribution >= 4 is 11.7 Å². The molecule has 0 aliphatic rings. The molecular weight excluding hydrogens is 699 g/mol. The fourth-order valence-corrected chi connectivity index (χ4v) is 8.08. The molecule has 0 radical (unpaired) electrons. The van der Waals surface area contributed by atoms with Crippen molar-refractivity contribution in [3.8, 4) is 0 Å². The molecule has 0 aromatic heterocycles. The molecule has 0 heterocycles. The van der Waals surface area contributed by atoms with Crippen LogP contribution in [0.1, 0.15) is 290 Å². The molecule has 0 rings (SSSR count). The highest BCUT2D eigenvalue weighted by molar-refractivity contribution is 5.78. The standard InChI is InChI=1S/C53H101NO3/c1-3-5-7-9-11-13-15-17-19-21-22-26-30-34-38-42-46-51(50-55)54-53(57)49-45-41-37-33-29-25-24-28-32-36-40-44-48-52(56)47-43-39-35-31-27-23-20-18-16-14-12-10-8-6-4-2/h12,14,18,20,51,55H,3-11,13,15-17,19,21-50H2,1-2H3,(H,54,57)/t51-/m1/s1. The maximum Gasteiger partial charge on any atom is 0.220 e. The Labute approximate surface area is 357 Å². The minimum Gasteiger partial charge on any atom is -0.394 e. The van der Waals surface area contributed by atoms with Gasteiger partial charge in [-0.2, -0.15) is 0 Å². The van der Waals surface area contributed by atoms with E-state index in [1.54, 1.807) is 0 Å². The van der Waals surface area contributed by atoms with E-state index in [1.807, 2.05) is 0 Å². The van der Waals surface area contributed by atoms with Crippen LogP contribution in [0.25, 0.3) is 0 Å². The molecule has 336 valence electrons. The molecule has 0 spiro atoms. The van der Waals surface area contributed by atoms with Crippen molar-refractivity contribution in [2.45, 2.75) is 296 Å². The third kappa shape index (κ3) is 47.1. The molecular formula is C53H101NO3. The lowest BCUT2D eigenvalue weighted by atomic mass is 10.0. The summed E-state index contributed by atoms with van der Waals surface area (Å²) in [5.41, 5.74) is 0. The van der Waals surface area contributed by atoms with Crippen LogP contribution in [0, 0.1) is 0 Å². The lowest BCUT2D eigenvalue weighted by molar-refractivity contribution is -0.122. The summed E-state index contributed by atoms with van der Waals surface area (Å²) in [6, 6.07) is -0.0719. The average molecular weight is 800 g/mol. The van der Waals surface area contributed by atoms with Gasteiger partial charge in [0.2, 0.25) is 5.91 Å². The summed E-state index contributed by atoms with van der Waals surface area (Å²) in [6.07, 6.45) is 62.5. The Bertz CT molecular complexity index is 866. The van der Waals surface area contributed by atoms with Crippen LogP contribution in [0.4, 0.5) is 0 Å². The number of aliphatic hydroxyl groups excluding tert-OH is 1. The van der Waals surface area contributed by atoms with Gasteiger partial charge in [-0.15, -0.1) is 0 Å². The predicted octanol–water partition coefficient (Wildman–Crippen LogP) is 17.0. The number of amides is 1. The SMILES string of the molecule is CCCCCC=CCC=CCCCCCCCC(=O)CCCCCCCCCCCCCCC(=O)N[C@@H](CO)CCCCCCCCCCCCCCCCCC. The van der Waals surface area contributed by atoms with Gasteiger partial charge in [-0.3, -0.25) is 9.59 Å². The molecule has 1 atom stereocenters. The van der Waals surface area contributed by atoms with E-state index in [1.165, 1.54) is 212 Å². The van der Waals surface area contributed by atoms with E-state index in [4.69, 9.17) is 0 Å². The van der Waals surface area contributed by atoms with E-state index in [0.29, 0.717) is 12.2 Å².